The Labute approximate surface area is 160 Å². The number of nitrogens with zero attached hydrogens (tertiary/aromatic N) is 3. The van der Waals surface area contributed by atoms with E-state index in [1.807, 2.05) is 17.9 Å². The van der Waals surface area contributed by atoms with Gasteiger partial charge in [0.1, 0.15) is 0 Å². The molecule has 3 aliphatic rings. The number of aryl methyl sites for hydroxylation is 1. The summed E-state index contributed by atoms with van der Waals surface area (Å²) in [5, 5.41) is 0. The summed E-state index contributed by atoms with van der Waals surface area (Å²) in [5.74, 6) is 0.421. The molecule has 0 bridgehead atoms. The Morgan fingerprint density at radius 1 is 1.19 bits per heavy atom. The molecule has 0 aromatic carbocycles. The molecule has 146 valence electrons. The van der Waals surface area contributed by atoms with E-state index < -0.39 is 0 Å². The molecule has 2 aliphatic heterocycles. The van der Waals surface area contributed by atoms with Gasteiger partial charge in [0, 0.05) is 62.2 Å². The van der Waals surface area contributed by atoms with E-state index in [0.29, 0.717) is 31.3 Å². The number of amides is 2. The van der Waals surface area contributed by atoms with Crippen molar-refractivity contribution in [3.05, 3.63) is 34.2 Å². The molecule has 1 aliphatic carbocycles. The van der Waals surface area contributed by atoms with Crippen molar-refractivity contribution in [1.82, 2.24) is 14.4 Å². The smallest absolute Gasteiger partial charge is 0.250 e. The largest absolute Gasteiger partial charge is 0.342 e. The number of likely N-dealkylation sites (tertiary alicyclic amines) is 2. The molecule has 0 radical (unpaired) electrons. The monoisotopic (exact) mass is 371 g/mol. The van der Waals surface area contributed by atoms with E-state index in [-0.39, 0.29) is 16.9 Å². The maximum atomic E-state index is 12.8. The van der Waals surface area contributed by atoms with Gasteiger partial charge in [-0.25, -0.2) is 0 Å². The van der Waals surface area contributed by atoms with Crippen LogP contribution in [0, 0.1) is 12.3 Å². The highest BCUT2D eigenvalue weighted by Crippen LogP contribution is 2.42. The Morgan fingerprint density at radius 2 is 2.00 bits per heavy atom. The van der Waals surface area contributed by atoms with Gasteiger partial charge in [-0.1, -0.05) is 6.07 Å². The van der Waals surface area contributed by atoms with E-state index in [9.17, 15) is 14.4 Å². The van der Waals surface area contributed by atoms with E-state index in [2.05, 4.69) is 4.90 Å². The average Bonchev–Trinajstić information content (AvgIpc) is 3.49. The molecule has 0 N–H and O–H groups in total. The van der Waals surface area contributed by atoms with Crippen LogP contribution in [-0.4, -0.2) is 51.9 Å². The molecule has 6 heteroatoms. The Morgan fingerprint density at radius 3 is 2.74 bits per heavy atom. The third-order valence-corrected chi connectivity index (χ3v) is 6.51. The number of pyridine rings is 1. The van der Waals surface area contributed by atoms with Gasteiger partial charge in [-0.2, -0.15) is 0 Å². The zero-order chi connectivity index (χ0) is 19.0. The van der Waals surface area contributed by atoms with Crippen LogP contribution in [0.2, 0.25) is 0 Å². The first kappa shape index (κ1) is 18.3. The second-order valence-corrected chi connectivity index (χ2v) is 8.58. The predicted octanol–water partition coefficient (Wildman–Crippen LogP) is 1.94. The van der Waals surface area contributed by atoms with Gasteiger partial charge in [0.2, 0.25) is 11.8 Å². The van der Waals surface area contributed by atoms with Crippen molar-refractivity contribution in [2.45, 2.75) is 64.5 Å². The summed E-state index contributed by atoms with van der Waals surface area (Å²) in [6.45, 7) is 4.69. The highest BCUT2D eigenvalue weighted by molar-refractivity contribution is 5.78. The minimum atomic E-state index is -0.0521. The third kappa shape index (κ3) is 3.80. The van der Waals surface area contributed by atoms with Crippen molar-refractivity contribution >= 4 is 11.8 Å². The first-order valence-corrected chi connectivity index (χ1v) is 10.2. The highest BCUT2D eigenvalue weighted by Gasteiger charge is 2.46. The van der Waals surface area contributed by atoms with Gasteiger partial charge in [0.15, 0.2) is 0 Å². The Hall–Kier alpha value is -2.11. The second-order valence-electron chi connectivity index (χ2n) is 8.58. The first-order chi connectivity index (χ1) is 13.0. The lowest BCUT2D eigenvalue weighted by molar-refractivity contribution is -0.143. The summed E-state index contributed by atoms with van der Waals surface area (Å²) in [7, 11) is 0. The number of piperidine rings is 2. The van der Waals surface area contributed by atoms with Crippen molar-refractivity contribution in [2.24, 2.45) is 5.41 Å². The van der Waals surface area contributed by atoms with Gasteiger partial charge in [0.05, 0.1) is 0 Å². The summed E-state index contributed by atoms with van der Waals surface area (Å²) in [6.07, 6.45) is 6.25. The first-order valence-electron chi connectivity index (χ1n) is 10.2. The SMILES string of the molecule is Cc1cccc(=O)n1CCC(=O)N1CCCC2(CCC(=O)N(C3CC3)C2)C1. The van der Waals surface area contributed by atoms with Crippen molar-refractivity contribution in [2.75, 3.05) is 19.6 Å². The molecule has 3 heterocycles. The van der Waals surface area contributed by atoms with E-state index in [0.717, 1.165) is 57.4 Å². The molecule has 1 aromatic rings. The summed E-state index contributed by atoms with van der Waals surface area (Å²) < 4.78 is 1.67. The molecule has 1 unspecified atom stereocenters. The number of carbonyl (C=O) groups is 2. The lowest BCUT2D eigenvalue weighted by Gasteiger charge is -2.48. The highest BCUT2D eigenvalue weighted by atomic mass is 16.2. The predicted molar refractivity (Wildman–Crippen MR) is 102 cm³/mol. The van der Waals surface area contributed by atoms with E-state index >= 15 is 0 Å². The lowest BCUT2D eigenvalue weighted by atomic mass is 9.73. The summed E-state index contributed by atoms with van der Waals surface area (Å²) >= 11 is 0. The number of hydrogen-bond donors (Lipinski definition) is 0. The van der Waals surface area contributed by atoms with Gasteiger partial charge in [-0.3, -0.25) is 14.4 Å². The molecule has 2 amide bonds. The van der Waals surface area contributed by atoms with Crippen LogP contribution in [0.15, 0.2) is 23.0 Å². The molecule has 6 nitrogen and oxygen atoms in total. The van der Waals surface area contributed by atoms with Gasteiger partial charge in [-0.05, 0) is 45.1 Å². The molecular weight excluding hydrogens is 342 g/mol. The van der Waals surface area contributed by atoms with Gasteiger partial charge >= 0.3 is 0 Å². The van der Waals surface area contributed by atoms with Crippen LogP contribution in [0.5, 0.6) is 0 Å². The molecule has 4 rings (SSSR count). The van der Waals surface area contributed by atoms with Crippen LogP contribution in [0.3, 0.4) is 0 Å². The standard InChI is InChI=1S/C21H29N3O3/c1-16-4-2-5-19(26)23(16)13-9-18(25)22-12-3-10-21(14-22)11-8-20(27)24(15-21)17-6-7-17/h2,4-5,17H,3,6-15H2,1H3. The number of rotatable bonds is 4. The fraction of sp³-hybridized carbons (Fsp3) is 0.667. The quantitative estimate of drug-likeness (QED) is 0.813. The maximum Gasteiger partial charge on any atom is 0.250 e. The van der Waals surface area contributed by atoms with Crippen molar-refractivity contribution in [1.29, 1.82) is 0 Å². The van der Waals surface area contributed by atoms with Crippen LogP contribution in [-0.2, 0) is 16.1 Å². The van der Waals surface area contributed by atoms with E-state index in [1.165, 1.54) is 0 Å². The van der Waals surface area contributed by atoms with E-state index in [4.69, 9.17) is 0 Å². The van der Waals surface area contributed by atoms with Crippen LogP contribution in [0.1, 0.15) is 50.6 Å². The van der Waals surface area contributed by atoms with Crippen molar-refractivity contribution in [3.8, 4) is 0 Å². The van der Waals surface area contributed by atoms with Gasteiger partial charge in [0.25, 0.3) is 5.56 Å². The normalized spacial score (nSPS) is 25.9. The molecule has 2 saturated heterocycles. The van der Waals surface area contributed by atoms with Gasteiger partial charge < -0.3 is 14.4 Å². The average molecular weight is 371 g/mol. The van der Waals surface area contributed by atoms with Crippen LogP contribution < -0.4 is 5.56 Å². The Kier molecular flexibility index (Phi) is 4.82. The van der Waals surface area contributed by atoms with Crippen LogP contribution >= 0.6 is 0 Å². The second kappa shape index (κ2) is 7.13. The molecule has 3 fully saturated rings. The number of hydrogen-bond acceptors (Lipinski definition) is 3. The van der Waals surface area contributed by atoms with Crippen molar-refractivity contribution < 1.29 is 9.59 Å². The zero-order valence-electron chi connectivity index (χ0n) is 16.2. The lowest BCUT2D eigenvalue weighted by Crippen LogP contribution is -2.55. The third-order valence-electron chi connectivity index (χ3n) is 6.51. The fourth-order valence-electron chi connectivity index (χ4n) is 4.79. The summed E-state index contributed by atoms with van der Waals surface area (Å²) in [4.78, 5) is 41.2. The van der Waals surface area contributed by atoms with E-state index in [1.54, 1.807) is 16.7 Å². The van der Waals surface area contributed by atoms with Crippen LogP contribution in [0.4, 0.5) is 0 Å². The topological polar surface area (TPSA) is 62.6 Å². The summed E-state index contributed by atoms with van der Waals surface area (Å²) in [6, 6.07) is 5.64. The number of aromatic nitrogens is 1. The molecule has 1 atom stereocenters. The zero-order valence-corrected chi connectivity index (χ0v) is 16.2. The molecule has 1 spiro atoms. The maximum absolute atomic E-state index is 12.8. The Balaban J connectivity index is 1.40. The van der Waals surface area contributed by atoms with Gasteiger partial charge in [-0.15, -0.1) is 0 Å². The summed E-state index contributed by atoms with van der Waals surface area (Å²) in [5.41, 5.74) is 0.907. The molecular formula is C21H29N3O3. The fourth-order valence-corrected chi connectivity index (χ4v) is 4.79. The molecule has 27 heavy (non-hydrogen) atoms. The minimum absolute atomic E-state index is 0.0521. The molecule has 1 saturated carbocycles. The Bertz CT molecular complexity index is 798. The van der Waals surface area contributed by atoms with Crippen LogP contribution in [0.25, 0.3) is 0 Å². The molecule has 1 aromatic heterocycles. The van der Waals surface area contributed by atoms with Crippen molar-refractivity contribution in [3.63, 3.8) is 0 Å². The minimum Gasteiger partial charge on any atom is -0.342 e. The number of carbonyl (C=O) groups excluding carboxylic acids is 2.